The monoisotopic (exact) mass is 441 g/mol. The molecule has 0 saturated carbocycles. The molecule has 1 N–H and O–H groups in total. The van der Waals surface area contributed by atoms with Gasteiger partial charge in [0, 0.05) is 10.5 Å². The molecule has 0 spiro atoms. The first-order valence-corrected chi connectivity index (χ1v) is 8.08. The van der Waals surface area contributed by atoms with E-state index >= 15 is 0 Å². The van der Waals surface area contributed by atoms with Crippen LogP contribution in [-0.2, 0) is 0 Å². The van der Waals surface area contributed by atoms with Crippen LogP contribution in [0.4, 0.5) is 0 Å². The second-order valence-corrected chi connectivity index (χ2v) is 7.84. The third kappa shape index (κ3) is 4.51. The maximum Gasteiger partial charge on any atom is 0.147 e. The zero-order chi connectivity index (χ0) is 13.9. The molecule has 1 aromatic carbocycles. The molecule has 0 bridgehead atoms. The van der Waals surface area contributed by atoms with E-state index in [-0.39, 0.29) is 5.41 Å². The van der Waals surface area contributed by atoms with E-state index in [0.29, 0.717) is 12.6 Å². The minimum absolute atomic E-state index is 0.156. The van der Waals surface area contributed by atoms with Crippen molar-refractivity contribution in [1.29, 1.82) is 0 Å². The van der Waals surface area contributed by atoms with Crippen LogP contribution in [0.25, 0.3) is 0 Å². The van der Waals surface area contributed by atoms with Gasteiger partial charge in [-0.3, -0.25) is 0 Å². The van der Waals surface area contributed by atoms with Gasteiger partial charge in [-0.25, -0.2) is 0 Å². The highest BCUT2D eigenvalue weighted by atomic mass is 79.9. The van der Waals surface area contributed by atoms with E-state index in [9.17, 15) is 0 Å². The summed E-state index contributed by atoms with van der Waals surface area (Å²) in [6, 6.07) is 4.25. The molecule has 102 valence electrons. The van der Waals surface area contributed by atoms with Crippen LogP contribution in [0.3, 0.4) is 0 Å². The summed E-state index contributed by atoms with van der Waals surface area (Å²) in [5, 5.41) is 3.30. The van der Waals surface area contributed by atoms with E-state index in [1.165, 1.54) is 0 Å². The zero-order valence-corrected chi connectivity index (χ0v) is 15.7. The number of rotatable bonds is 4. The third-order valence-corrected chi connectivity index (χ3v) is 4.39. The van der Waals surface area contributed by atoms with Crippen molar-refractivity contribution in [3.8, 4) is 5.75 Å². The lowest BCUT2D eigenvalue weighted by Gasteiger charge is -2.30. The average Bonchev–Trinajstić information content (AvgIpc) is 2.19. The minimum Gasteiger partial charge on any atom is -0.490 e. The van der Waals surface area contributed by atoms with Crippen molar-refractivity contribution in [3.63, 3.8) is 0 Å². The normalized spacial score (nSPS) is 13.5. The van der Waals surface area contributed by atoms with E-state index in [0.717, 1.165) is 19.2 Å². The highest BCUT2D eigenvalue weighted by molar-refractivity contribution is 9.11. The minimum atomic E-state index is 0.156. The maximum atomic E-state index is 5.93. The Morgan fingerprint density at radius 1 is 1.17 bits per heavy atom. The van der Waals surface area contributed by atoms with E-state index in [2.05, 4.69) is 73.9 Å². The van der Waals surface area contributed by atoms with Crippen molar-refractivity contribution >= 4 is 47.8 Å². The number of hydrogen-bond donors (Lipinski definition) is 1. The molecule has 0 aliphatic carbocycles. The second kappa shape index (κ2) is 6.73. The molecule has 18 heavy (non-hydrogen) atoms. The van der Waals surface area contributed by atoms with E-state index in [1.54, 1.807) is 0 Å². The fraction of sp³-hybridized carbons (Fsp3) is 0.538. The Morgan fingerprint density at radius 3 is 2.06 bits per heavy atom. The fourth-order valence-corrected chi connectivity index (χ4v) is 4.09. The van der Waals surface area contributed by atoms with Gasteiger partial charge >= 0.3 is 0 Å². The molecule has 0 radical (unpaired) electrons. The molecule has 1 rings (SSSR count). The molecule has 1 atom stereocenters. The number of hydrogen-bond acceptors (Lipinski definition) is 2. The first kappa shape index (κ1) is 16.5. The lowest BCUT2D eigenvalue weighted by Crippen LogP contribution is -2.42. The molecular weight excluding hydrogens is 426 g/mol. The molecule has 0 aliphatic rings. The van der Waals surface area contributed by atoms with Gasteiger partial charge in [-0.1, -0.05) is 36.7 Å². The van der Waals surface area contributed by atoms with Gasteiger partial charge in [-0.2, -0.15) is 0 Å². The van der Waals surface area contributed by atoms with Crippen LogP contribution in [0.5, 0.6) is 5.75 Å². The van der Waals surface area contributed by atoms with Crippen LogP contribution in [-0.4, -0.2) is 19.7 Å². The van der Waals surface area contributed by atoms with Crippen molar-refractivity contribution in [1.82, 2.24) is 5.32 Å². The van der Waals surface area contributed by atoms with Gasteiger partial charge in [0.05, 0.1) is 8.95 Å². The lowest BCUT2D eigenvalue weighted by molar-refractivity contribution is 0.180. The molecular formula is C13H18Br3NO. The van der Waals surface area contributed by atoms with Crippen molar-refractivity contribution < 1.29 is 4.74 Å². The van der Waals surface area contributed by atoms with Gasteiger partial charge in [-0.15, -0.1) is 0 Å². The van der Waals surface area contributed by atoms with Crippen LogP contribution in [0.2, 0.25) is 0 Å². The Hall–Kier alpha value is 0.420. The molecule has 0 aliphatic heterocycles. The zero-order valence-electron chi connectivity index (χ0n) is 11.0. The Bertz CT molecular complexity index is 392. The van der Waals surface area contributed by atoms with Crippen LogP contribution >= 0.6 is 47.8 Å². The molecule has 0 heterocycles. The number of ether oxygens (including phenoxy) is 1. The van der Waals surface area contributed by atoms with Crippen LogP contribution in [0.1, 0.15) is 20.8 Å². The fourth-order valence-electron chi connectivity index (χ4n) is 1.60. The van der Waals surface area contributed by atoms with Crippen LogP contribution in [0, 0.1) is 5.41 Å². The summed E-state index contributed by atoms with van der Waals surface area (Å²) < 4.78 is 8.81. The standard InChI is InChI=1S/C13H18Br3NO/c1-13(2,3)11(17-4)7-18-12-9(15)5-8(14)6-10(12)16/h5-6,11,17H,7H2,1-4H3. The number of benzene rings is 1. The topological polar surface area (TPSA) is 21.3 Å². The Morgan fingerprint density at radius 2 is 1.67 bits per heavy atom. The molecule has 0 aromatic heterocycles. The van der Waals surface area contributed by atoms with Crippen molar-refractivity contribution in [2.24, 2.45) is 5.41 Å². The van der Waals surface area contributed by atoms with Crippen LogP contribution < -0.4 is 10.1 Å². The molecule has 2 nitrogen and oxygen atoms in total. The van der Waals surface area contributed by atoms with E-state index in [4.69, 9.17) is 4.74 Å². The summed E-state index contributed by atoms with van der Waals surface area (Å²) in [7, 11) is 1.96. The molecule has 0 saturated heterocycles. The first-order valence-electron chi connectivity index (χ1n) is 5.70. The largest absolute Gasteiger partial charge is 0.490 e. The first-order chi connectivity index (χ1) is 8.25. The SMILES string of the molecule is CNC(COc1c(Br)cc(Br)cc1Br)C(C)(C)C. The quantitative estimate of drug-likeness (QED) is 0.708. The second-order valence-electron chi connectivity index (χ2n) is 5.22. The van der Waals surface area contributed by atoms with Gasteiger partial charge in [-0.05, 0) is 56.5 Å². The summed E-state index contributed by atoms with van der Waals surface area (Å²) in [6.07, 6.45) is 0. The van der Waals surface area contributed by atoms with Gasteiger partial charge in [0.25, 0.3) is 0 Å². The van der Waals surface area contributed by atoms with E-state index < -0.39 is 0 Å². The summed E-state index contributed by atoms with van der Waals surface area (Å²) in [5.74, 6) is 0.836. The predicted octanol–water partition coefficient (Wildman–Crippen LogP) is 4.99. The summed E-state index contributed by atoms with van der Waals surface area (Å²) >= 11 is 10.5. The average molecular weight is 444 g/mol. The number of halogens is 3. The smallest absolute Gasteiger partial charge is 0.147 e. The summed E-state index contributed by atoms with van der Waals surface area (Å²) in [4.78, 5) is 0. The Labute approximate surface area is 134 Å². The highest BCUT2D eigenvalue weighted by Crippen LogP contribution is 2.36. The van der Waals surface area contributed by atoms with Gasteiger partial charge in [0.15, 0.2) is 0 Å². The Balaban J connectivity index is 2.80. The van der Waals surface area contributed by atoms with Gasteiger partial charge in [0.1, 0.15) is 12.4 Å². The number of nitrogens with one attached hydrogen (secondary N) is 1. The maximum absolute atomic E-state index is 5.93. The lowest BCUT2D eigenvalue weighted by atomic mass is 9.87. The molecule has 1 aromatic rings. The van der Waals surface area contributed by atoms with Gasteiger partial charge < -0.3 is 10.1 Å². The highest BCUT2D eigenvalue weighted by Gasteiger charge is 2.24. The van der Waals surface area contributed by atoms with Crippen molar-refractivity contribution in [2.45, 2.75) is 26.8 Å². The molecule has 0 fully saturated rings. The van der Waals surface area contributed by atoms with Crippen LogP contribution in [0.15, 0.2) is 25.6 Å². The van der Waals surface area contributed by atoms with Gasteiger partial charge in [0.2, 0.25) is 0 Å². The predicted molar refractivity (Wildman–Crippen MR) is 87.3 cm³/mol. The summed E-state index contributed by atoms with van der Waals surface area (Å²) in [5.41, 5.74) is 0.156. The third-order valence-electron chi connectivity index (χ3n) is 2.75. The van der Waals surface area contributed by atoms with Crippen molar-refractivity contribution in [2.75, 3.05) is 13.7 Å². The Kier molecular flexibility index (Phi) is 6.16. The van der Waals surface area contributed by atoms with E-state index in [1.807, 2.05) is 19.2 Å². The molecule has 0 amide bonds. The van der Waals surface area contributed by atoms with Crippen molar-refractivity contribution in [3.05, 3.63) is 25.6 Å². The molecule has 5 heteroatoms. The summed E-state index contributed by atoms with van der Waals surface area (Å²) in [6.45, 7) is 7.22. The molecule has 1 unspecified atom stereocenters. The number of likely N-dealkylation sites (N-methyl/N-ethyl adjacent to an activating group) is 1.